The van der Waals surface area contributed by atoms with E-state index in [1.165, 1.54) is 57.8 Å². The van der Waals surface area contributed by atoms with Crippen molar-refractivity contribution in [3.8, 4) is 0 Å². The average Bonchev–Trinajstić information content (AvgIpc) is 3.29. The summed E-state index contributed by atoms with van der Waals surface area (Å²) in [4.78, 5) is 22.4. The molecule has 7 heteroatoms. The monoisotopic (exact) mass is 563 g/mol. The number of fused-ring (bicyclic) bond motifs is 5. The summed E-state index contributed by atoms with van der Waals surface area (Å²) in [6.07, 6.45) is 13.7. The molecule has 230 valence electrons. The highest BCUT2D eigenvalue weighted by Gasteiger charge is 2.60. The van der Waals surface area contributed by atoms with E-state index in [4.69, 9.17) is 14.2 Å². The van der Waals surface area contributed by atoms with Gasteiger partial charge in [-0.25, -0.2) is 0 Å². The standard InChI is InChI=1S/C33H57NO6/c1-5-30(35)34-16-17-38-18-19-39-20-21-40-25-12-14-32(3)24(22-25)7-8-26-28-10-9-27(23(2)6-11-31(36)37)33(28,4)15-13-29(26)32/h23-29H,5-22H2,1-4H3,(H,34,35)(H,36,37)/t23-,24-,25-,26+,27-,28+,29+,32+,33-/m1/s1. The van der Waals surface area contributed by atoms with Crippen LogP contribution >= 0.6 is 0 Å². The molecule has 0 unspecified atom stereocenters. The number of carbonyl (C=O) groups excluding carboxylic acids is 1. The molecule has 4 fully saturated rings. The van der Waals surface area contributed by atoms with Gasteiger partial charge in [0.15, 0.2) is 0 Å². The van der Waals surface area contributed by atoms with Crippen molar-refractivity contribution in [1.29, 1.82) is 0 Å². The van der Waals surface area contributed by atoms with Gasteiger partial charge in [-0.2, -0.15) is 0 Å². The van der Waals surface area contributed by atoms with Gasteiger partial charge in [0.25, 0.3) is 0 Å². The molecule has 0 bridgehead atoms. The fourth-order valence-corrected chi connectivity index (χ4v) is 9.88. The van der Waals surface area contributed by atoms with Gasteiger partial charge in [0, 0.05) is 19.4 Å². The molecule has 0 heterocycles. The van der Waals surface area contributed by atoms with Crippen LogP contribution in [-0.4, -0.2) is 62.7 Å². The highest BCUT2D eigenvalue weighted by molar-refractivity contribution is 5.75. The van der Waals surface area contributed by atoms with Gasteiger partial charge in [-0.1, -0.05) is 27.7 Å². The zero-order valence-electron chi connectivity index (χ0n) is 25.8. The summed E-state index contributed by atoms with van der Waals surface area (Å²) in [5.41, 5.74) is 0.847. The summed E-state index contributed by atoms with van der Waals surface area (Å²) < 4.78 is 17.5. The summed E-state index contributed by atoms with van der Waals surface area (Å²) in [6.45, 7) is 12.8. The van der Waals surface area contributed by atoms with Crippen molar-refractivity contribution in [1.82, 2.24) is 5.32 Å². The number of ether oxygens (including phenoxy) is 3. The smallest absolute Gasteiger partial charge is 0.303 e. The molecule has 0 aromatic carbocycles. The normalized spacial score (nSPS) is 37.7. The van der Waals surface area contributed by atoms with Crippen LogP contribution in [0, 0.1) is 46.3 Å². The zero-order chi connectivity index (χ0) is 28.8. The van der Waals surface area contributed by atoms with Crippen LogP contribution in [0.5, 0.6) is 0 Å². The molecule has 4 rings (SSSR count). The molecule has 0 saturated heterocycles. The predicted octanol–water partition coefficient (Wildman–Crippen LogP) is 6.09. The third kappa shape index (κ3) is 7.23. The Bertz CT molecular complexity index is 836. The van der Waals surface area contributed by atoms with Crippen molar-refractivity contribution in [2.75, 3.05) is 39.6 Å². The number of hydrogen-bond donors (Lipinski definition) is 2. The Balaban J connectivity index is 1.17. The molecule has 2 N–H and O–H groups in total. The number of nitrogens with one attached hydrogen (secondary N) is 1. The lowest BCUT2D eigenvalue weighted by molar-refractivity contribution is -0.140. The Morgan fingerprint density at radius 3 is 2.35 bits per heavy atom. The van der Waals surface area contributed by atoms with E-state index in [-0.39, 0.29) is 5.91 Å². The highest BCUT2D eigenvalue weighted by Crippen LogP contribution is 2.68. The molecule has 0 radical (unpaired) electrons. The first-order valence-electron chi connectivity index (χ1n) is 16.4. The fourth-order valence-electron chi connectivity index (χ4n) is 9.88. The van der Waals surface area contributed by atoms with Crippen molar-refractivity contribution in [3.05, 3.63) is 0 Å². The quantitative estimate of drug-likeness (QED) is 0.234. The minimum absolute atomic E-state index is 0.0538. The largest absolute Gasteiger partial charge is 0.481 e. The molecule has 40 heavy (non-hydrogen) atoms. The molecule has 0 aliphatic heterocycles. The number of rotatable bonds is 15. The van der Waals surface area contributed by atoms with E-state index in [1.807, 2.05) is 6.92 Å². The Hall–Kier alpha value is -1.18. The van der Waals surface area contributed by atoms with Crippen LogP contribution in [0.1, 0.15) is 105 Å². The molecule has 0 aromatic rings. The Morgan fingerprint density at radius 1 is 0.900 bits per heavy atom. The van der Waals surface area contributed by atoms with E-state index in [2.05, 4.69) is 26.1 Å². The molecule has 4 saturated carbocycles. The van der Waals surface area contributed by atoms with E-state index < -0.39 is 5.97 Å². The molecular weight excluding hydrogens is 506 g/mol. The Kier molecular flexibility index (Phi) is 11.4. The molecule has 0 spiro atoms. The lowest BCUT2D eigenvalue weighted by Crippen LogP contribution is -2.54. The SMILES string of the molecule is CCC(=O)NCCOCCOCCO[C@@H]1CC[C@@]2(C)[C@H](CC[C@@H]3[C@@H]2CC[C@]2(C)[C@@H]([C@H](C)CCC(=O)O)CC[C@@H]32)C1. The van der Waals surface area contributed by atoms with Gasteiger partial charge in [0.1, 0.15) is 0 Å². The van der Waals surface area contributed by atoms with Crippen LogP contribution in [0.4, 0.5) is 0 Å². The maximum Gasteiger partial charge on any atom is 0.303 e. The second-order valence-electron chi connectivity index (χ2n) is 14.0. The summed E-state index contributed by atoms with van der Waals surface area (Å²) >= 11 is 0. The number of hydrogen-bond acceptors (Lipinski definition) is 5. The second-order valence-corrected chi connectivity index (χ2v) is 14.0. The highest BCUT2D eigenvalue weighted by atomic mass is 16.5. The predicted molar refractivity (Wildman–Crippen MR) is 156 cm³/mol. The first-order valence-corrected chi connectivity index (χ1v) is 16.4. The molecule has 9 atom stereocenters. The molecule has 7 nitrogen and oxygen atoms in total. The Labute approximate surface area is 242 Å². The van der Waals surface area contributed by atoms with Crippen LogP contribution in [0.3, 0.4) is 0 Å². The number of carboxylic acid groups (broad SMARTS) is 1. The molecular formula is C33H57NO6. The van der Waals surface area contributed by atoms with Gasteiger partial charge in [0.2, 0.25) is 5.91 Å². The molecule has 1 amide bonds. The van der Waals surface area contributed by atoms with Crippen LogP contribution in [0.15, 0.2) is 0 Å². The molecule has 4 aliphatic rings. The van der Waals surface area contributed by atoms with Crippen molar-refractivity contribution in [2.45, 2.75) is 111 Å². The van der Waals surface area contributed by atoms with Crippen molar-refractivity contribution >= 4 is 11.9 Å². The van der Waals surface area contributed by atoms with Crippen molar-refractivity contribution in [3.63, 3.8) is 0 Å². The lowest BCUT2D eigenvalue weighted by atomic mass is 9.44. The molecule has 4 aliphatic carbocycles. The van der Waals surface area contributed by atoms with Crippen molar-refractivity contribution in [2.24, 2.45) is 46.3 Å². The van der Waals surface area contributed by atoms with Gasteiger partial charge in [-0.3, -0.25) is 9.59 Å². The molecule has 0 aromatic heterocycles. The van der Waals surface area contributed by atoms with Crippen LogP contribution in [0.2, 0.25) is 0 Å². The van der Waals surface area contributed by atoms with Crippen LogP contribution < -0.4 is 5.32 Å². The van der Waals surface area contributed by atoms with Gasteiger partial charge < -0.3 is 24.6 Å². The summed E-state index contributed by atoms with van der Waals surface area (Å²) in [5, 5.41) is 12.0. The Morgan fingerprint density at radius 2 is 1.60 bits per heavy atom. The first-order chi connectivity index (χ1) is 19.2. The van der Waals surface area contributed by atoms with Gasteiger partial charge in [0.05, 0.1) is 39.1 Å². The lowest BCUT2D eigenvalue weighted by Gasteiger charge is -2.61. The van der Waals surface area contributed by atoms with E-state index in [0.717, 1.165) is 30.1 Å². The van der Waals surface area contributed by atoms with E-state index >= 15 is 0 Å². The maximum atomic E-state index is 11.2. The van der Waals surface area contributed by atoms with Crippen LogP contribution in [-0.2, 0) is 23.8 Å². The van der Waals surface area contributed by atoms with Crippen LogP contribution in [0.25, 0.3) is 0 Å². The van der Waals surface area contributed by atoms with Crippen molar-refractivity contribution < 1.29 is 28.9 Å². The maximum absolute atomic E-state index is 11.2. The minimum Gasteiger partial charge on any atom is -0.481 e. The number of aliphatic carboxylic acids is 1. The van der Waals surface area contributed by atoms with E-state index in [1.54, 1.807) is 0 Å². The average molecular weight is 564 g/mol. The third-order valence-corrected chi connectivity index (χ3v) is 12.0. The summed E-state index contributed by atoms with van der Waals surface area (Å²) in [5.74, 6) is 3.90. The fraction of sp³-hybridized carbons (Fsp3) is 0.939. The van der Waals surface area contributed by atoms with E-state index in [0.29, 0.717) is 81.2 Å². The number of carbonyl (C=O) groups is 2. The minimum atomic E-state index is -0.648. The van der Waals surface area contributed by atoms with Gasteiger partial charge in [-0.05, 0) is 111 Å². The summed E-state index contributed by atoms with van der Waals surface area (Å²) in [7, 11) is 0. The number of amides is 1. The second kappa shape index (κ2) is 14.3. The summed E-state index contributed by atoms with van der Waals surface area (Å²) in [6, 6.07) is 0. The number of carboxylic acids is 1. The first kappa shape index (κ1) is 31.7. The third-order valence-electron chi connectivity index (χ3n) is 12.0. The topological polar surface area (TPSA) is 94.1 Å². The van der Waals surface area contributed by atoms with E-state index in [9.17, 15) is 14.7 Å². The van der Waals surface area contributed by atoms with Gasteiger partial charge >= 0.3 is 5.97 Å². The zero-order valence-corrected chi connectivity index (χ0v) is 25.8. The van der Waals surface area contributed by atoms with Gasteiger partial charge in [-0.15, -0.1) is 0 Å².